The minimum absolute atomic E-state index is 0.00171. The van der Waals surface area contributed by atoms with Crippen molar-refractivity contribution in [3.05, 3.63) is 61.4 Å². The molecule has 8 nitrogen and oxygen atoms in total. The number of aromatic hydroxyl groups is 1. The highest BCUT2D eigenvalue weighted by molar-refractivity contribution is 7.16. The van der Waals surface area contributed by atoms with Gasteiger partial charge in [0.05, 0.1) is 23.1 Å². The Bertz CT molecular complexity index is 1430. The number of aryl methyl sites for hydroxylation is 2. The van der Waals surface area contributed by atoms with Gasteiger partial charge in [0.15, 0.2) is 0 Å². The molecule has 3 heterocycles. The molecular weight excluding hydrogens is 413 g/mol. The van der Waals surface area contributed by atoms with E-state index >= 15 is 0 Å². The number of methoxy groups -OCH3 is 1. The molecule has 4 aromatic rings. The zero-order chi connectivity index (χ0) is 21.7. The maximum Gasteiger partial charge on any atom is 0.342 e. The minimum atomic E-state index is -0.711. The van der Waals surface area contributed by atoms with Crippen molar-refractivity contribution < 1.29 is 19.0 Å². The second-order valence-electron chi connectivity index (χ2n) is 6.63. The smallest absolute Gasteiger partial charge is 0.342 e. The summed E-state index contributed by atoms with van der Waals surface area (Å²) in [5.74, 6) is -1.48. The average Bonchev–Trinajstić information content (AvgIpc) is 3.24. The summed E-state index contributed by atoms with van der Waals surface area (Å²) in [5, 5.41) is 11.0. The summed E-state index contributed by atoms with van der Waals surface area (Å²) >= 11 is 1.10. The number of rotatable bonds is 3. The maximum atomic E-state index is 13.5. The topological polar surface area (TPSA) is 117 Å². The number of aromatic nitrogens is 3. The van der Waals surface area contributed by atoms with Crippen molar-refractivity contribution in [2.24, 2.45) is 7.05 Å². The number of halogens is 1. The van der Waals surface area contributed by atoms with Crippen molar-refractivity contribution in [2.45, 2.75) is 6.92 Å². The van der Waals surface area contributed by atoms with Crippen LogP contribution >= 0.6 is 11.3 Å². The molecule has 10 heteroatoms. The highest BCUT2D eigenvalue weighted by Crippen LogP contribution is 2.47. The molecule has 3 N–H and O–H groups in total. The molecule has 0 aliphatic heterocycles. The Morgan fingerprint density at radius 3 is 2.50 bits per heavy atom. The van der Waals surface area contributed by atoms with Gasteiger partial charge in [-0.15, -0.1) is 11.3 Å². The van der Waals surface area contributed by atoms with E-state index in [0.29, 0.717) is 21.7 Å². The quantitative estimate of drug-likeness (QED) is 0.433. The maximum absolute atomic E-state index is 13.5. The van der Waals surface area contributed by atoms with Crippen LogP contribution in [0.3, 0.4) is 0 Å². The number of nitrogens with zero attached hydrogens (tertiary/aromatic N) is 1. The zero-order valence-corrected chi connectivity index (χ0v) is 16.9. The van der Waals surface area contributed by atoms with Crippen LogP contribution in [-0.4, -0.2) is 32.7 Å². The van der Waals surface area contributed by atoms with E-state index in [1.807, 2.05) is 0 Å². The van der Waals surface area contributed by atoms with Crippen LogP contribution in [-0.2, 0) is 11.8 Å². The summed E-state index contributed by atoms with van der Waals surface area (Å²) in [5.41, 5.74) is 0.172. The standard InChI is InChI=1S/C20H16FN3O5S/c1-8-11(19(27)29-3)15(25)16(30-8)12-13-17(24(2)20(28)23-18(13)26)22-14(12)9-4-6-10(21)7-5-9/h4-7,22,25H,1-3H3,(H,23,26,28). The van der Waals surface area contributed by atoms with Gasteiger partial charge >= 0.3 is 11.7 Å². The molecule has 4 rings (SSSR count). The number of aromatic amines is 2. The summed E-state index contributed by atoms with van der Waals surface area (Å²) < 4.78 is 19.4. The summed E-state index contributed by atoms with van der Waals surface area (Å²) in [7, 11) is 2.68. The highest BCUT2D eigenvalue weighted by atomic mass is 32.1. The van der Waals surface area contributed by atoms with E-state index in [2.05, 4.69) is 9.97 Å². The van der Waals surface area contributed by atoms with Gasteiger partial charge in [-0.05, 0) is 36.8 Å². The van der Waals surface area contributed by atoms with Crippen LogP contribution in [0.25, 0.3) is 32.7 Å². The monoisotopic (exact) mass is 429 g/mol. The van der Waals surface area contributed by atoms with E-state index in [0.717, 1.165) is 11.3 Å². The van der Waals surface area contributed by atoms with Gasteiger partial charge in [-0.3, -0.25) is 14.3 Å². The number of hydrogen-bond acceptors (Lipinski definition) is 6. The lowest BCUT2D eigenvalue weighted by molar-refractivity contribution is 0.0597. The molecule has 0 aliphatic carbocycles. The van der Waals surface area contributed by atoms with E-state index in [1.165, 1.54) is 43.0 Å². The Kier molecular flexibility index (Phi) is 4.58. The van der Waals surface area contributed by atoms with Crippen LogP contribution < -0.4 is 11.2 Å². The minimum Gasteiger partial charge on any atom is -0.505 e. The lowest BCUT2D eigenvalue weighted by Gasteiger charge is -2.05. The third-order valence-corrected chi connectivity index (χ3v) is 5.99. The fraction of sp³-hybridized carbons (Fsp3) is 0.150. The molecule has 0 saturated carbocycles. The van der Waals surface area contributed by atoms with Crippen molar-refractivity contribution in [3.63, 3.8) is 0 Å². The third kappa shape index (κ3) is 2.84. The van der Waals surface area contributed by atoms with Gasteiger partial charge in [-0.1, -0.05) is 0 Å². The number of carbonyl (C=O) groups is 1. The lowest BCUT2D eigenvalue weighted by Crippen LogP contribution is -2.28. The number of ether oxygens (including phenoxy) is 1. The van der Waals surface area contributed by atoms with Crippen molar-refractivity contribution in [1.82, 2.24) is 14.5 Å². The van der Waals surface area contributed by atoms with Gasteiger partial charge in [0.25, 0.3) is 5.56 Å². The number of carbonyl (C=O) groups excluding carboxylic acids is 1. The van der Waals surface area contributed by atoms with Gasteiger partial charge < -0.3 is 14.8 Å². The molecule has 0 atom stereocenters. The molecule has 30 heavy (non-hydrogen) atoms. The van der Waals surface area contributed by atoms with Crippen LogP contribution in [0, 0.1) is 12.7 Å². The van der Waals surface area contributed by atoms with Crippen molar-refractivity contribution >= 4 is 28.3 Å². The van der Waals surface area contributed by atoms with Crippen molar-refractivity contribution in [1.29, 1.82) is 0 Å². The molecule has 0 aliphatic rings. The number of fused-ring (bicyclic) bond motifs is 1. The molecule has 1 aromatic carbocycles. The van der Waals surface area contributed by atoms with Crippen molar-refractivity contribution in [3.8, 4) is 27.4 Å². The number of thiophene rings is 1. The number of benzene rings is 1. The number of esters is 1. The first-order valence-electron chi connectivity index (χ1n) is 8.76. The third-order valence-electron chi connectivity index (χ3n) is 4.88. The first-order valence-corrected chi connectivity index (χ1v) is 9.58. The Hall–Kier alpha value is -3.66. The van der Waals surface area contributed by atoms with E-state index in [9.17, 15) is 23.9 Å². The molecule has 0 spiro atoms. The van der Waals surface area contributed by atoms with Crippen molar-refractivity contribution in [2.75, 3.05) is 7.11 Å². The van der Waals surface area contributed by atoms with Gasteiger partial charge in [0, 0.05) is 17.5 Å². The van der Waals surface area contributed by atoms with Crippen LogP contribution in [0.15, 0.2) is 33.9 Å². The Morgan fingerprint density at radius 1 is 1.20 bits per heavy atom. The SMILES string of the molecule is COC(=O)c1c(C)sc(-c2c(-c3ccc(F)cc3)[nH]c3c2c(=O)[nH]c(=O)n3C)c1O. The molecule has 0 fully saturated rings. The van der Waals surface area contributed by atoms with Gasteiger partial charge in [0.2, 0.25) is 0 Å². The largest absolute Gasteiger partial charge is 0.505 e. The molecule has 0 amide bonds. The van der Waals surface area contributed by atoms with Crippen LogP contribution in [0.5, 0.6) is 5.75 Å². The number of nitrogens with one attached hydrogen (secondary N) is 2. The number of H-pyrrole nitrogens is 2. The van der Waals surface area contributed by atoms with Gasteiger partial charge in [-0.2, -0.15) is 0 Å². The average molecular weight is 429 g/mol. The molecule has 0 saturated heterocycles. The summed E-state index contributed by atoms with van der Waals surface area (Å²) in [6, 6.07) is 5.53. The number of hydrogen-bond donors (Lipinski definition) is 3. The summed E-state index contributed by atoms with van der Waals surface area (Å²) in [4.78, 5) is 43.0. The summed E-state index contributed by atoms with van der Waals surface area (Å²) in [6.07, 6.45) is 0. The second kappa shape index (κ2) is 6.99. The van der Waals surface area contributed by atoms with Gasteiger partial charge in [0.1, 0.15) is 22.8 Å². The zero-order valence-electron chi connectivity index (χ0n) is 16.1. The van der Waals surface area contributed by atoms with Crippen LogP contribution in [0.1, 0.15) is 15.2 Å². The molecule has 0 unspecified atom stereocenters. The molecule has 0 bridgehead atoms. The fourth-order valence-corrected chi connectivity index (χ4v) is 4.50. The Morgan fingerprint density at radius 2 is 1.87 bits per heavy atom. The predicted molar refractivity (Wildman–Crippen MR) is 111 cm³/mol. The lowest BCUT2D eigenvalue weighted by atomic mass is 10.0. The molecular formula is C20H16FN3O5S. The predicted octanol–water partition coefficient (Wildman–Crippen LogP) is 2.89. The fourth-order valence-electron chi connectivity index (χ4n) is 3.41. The van der Waals surface area contributed by atoms with Crippen LogP contribution in [0.2, 0.25) is 0 Å². The van der Waals surface area contributed by atoms with Gasteiger partial charge in [-0.25, -0.2) is 14.0 Å². The van der Waals surface area contributed by atoms with Crippen LogP contribution in [0.4, 0.5) is 4.39 Å². The Labute approximate surface area is 172 Å². The second-order valence-corrected chi connectivity index (χ2v) is 7.85. The summed E-state index contributed by atoms with van der Waals surface area (Å²) in [6.45, 7) is 1.65. The first-order chi connectivity index (χ1) is 14.2. The first kappa shape index (κ1) is 19.6. The van der Waals surface area contributed by atoms with E-state index in [-0.39, 0.29) is 27.2 Å². The Balaban J connectivity index is 2.16. The molecule has 3 aromatic heterocycles. The van der Waals surface area contributed by atoms with E-state index in [1.54, 1.807) is 6.92 Å². The molecule has 154 valence electrons. The highest BCUT2D eigenvalue weighted by Gasteiger charge is 2.28. The normalized spacial score (nSPS) is 11.2. The van der Waals surface area contributed by atoms with E-state index in [4.69, 9.17) is 4.74 Å². The van der Waals surface area contributed by atoms with E-state index < -0.39 is 23.0 Å². The molecule has 0 radical (unpaired) electrons.